The van der Waals surface area contributed by atoms with Crippen LogP contribution in [0.1, 0.15) is 133 Å². The standard InChI is InChI=1S/C43H64O7S/c1-28(49-42(12,13)36(45)31-20-18-22-33-34(31)35(44)30-19-16-17-21-32(30)51-33)25-40(8,9)47-24-23-39(6,7)27-48-41(10,11)26-29(2)50-43(14,15)37(46)38(3,4)5/h16-22,28-29H,23-27H2,1-15H3. The summed E-state index contributed by atoms with van der Waals surface area (Å²) in [4.78, 5) is 40.4. The van der Waals surface area contributed by atoms with Crippen molar-refractivity contribution in [3.05, 3.63) is 58.3 Å². The molecule has 0 fully saturated rings. The van der Waals surface area contributed by atoms with Gasteiger partial charge in [0, 0.05) is 45.2 Å². The Morgan fingerprint density at radius 2 is 1.22 bits per heavy atom. The van der Waals surface area contributed by atoms with E-state index < -0.39 is 27.8 Å². The Balaban J connectivity index is 1.54. The fourth-order valence-corrected chi connectivity index (χ4v) is 8.13. The van der Waals surface area contributed by atoms with Gasteiger partial charge in [0.15, 0.2) is 17.0 Å². The van der Waals surface area contributed by atoms with Crippen molar-refractivity contribution in [3.8, 4) is 0 Å². The second-order valence-electron chi connectivity index (χ2n) is 18.4. The highest BCUT2D eigenvalue weighted by molar-refractivity contribution is 7.24. The van der Waals surface area contributed by atoms with Crippen molar-refractivity contribution in [1.29, 1.82) is 0 Å². The average molecular weight is 725 g/mol. The minimum absolute atomic E-state index is 0.0805. The van der Waals surface area contributed by atoms with E-state index in [-0.39, 0.29) is 34.6 Å². The van der Waals surface area contributed by atoms with Crippen molar-refractivity contribution in [1.82, 2.24) is 0 Å². The third kappa shape index (κ3) is 11.8. The predicted molar refractivity (Wildman–Crippen MR) is 211 cm³/mol. The molecule has 0 N–H and O–H groups in total. The Hall–Kier alpha value is -2.49. The van der Waals surface area contributed by atoms with Crippen LogP contribution in [0.25, 0.3) is 20.2 Å². The second kappa shape index (κ2) is 15.9. The van der Waals surface area contributed by atoms with Crippen LogP contribution in [0.5, 0.6) is 0 Å². The molecule has 0 saturated carbocycles. The zero-order chi connectivity index (χ0) is 38.8. The zero-order valence-corrected chi connectivity index (χ0v) is 34.8. The fraction of sp³-hybridized carbons (Fsp3) is 0.651. The van der Waals surface area contributed by atoms with Gasteiger partial charge < -0.3 is 18.9 Å². The van der Waals surface area contributed by atoms with Crippen LogP contribution in [0.4, 0.5) is 0 Å². The second-order valence-corrected chi connectivity index (χ2v) is 19.5. The number of ether oxygens (including phenoxy) is 4. The minimum Gasteiger partial charge on any atom is -0.375 e. The SMILES string of the molecule is CC(CC(C)(C)OCCC(C)(C)COC(C)(C)CC(C)OC(C)(C)C(=O)C(C)(C)C)OC(C)(C)C(=O)c1cccc2sc3ccccc3c(=O)c12. The molecule has 0 aliphatic rings. The third-order valence-electron chi connectivity index (χ3n) is 9.30. The first-order valence-corrected chi connectivity index (χ1v) is 19.2. The molecule has 0 amide bonds. The Kier molecular flexibility index (Phi) is 13.3. The van der Waals surface area contributed by atoms with E-state index in [1.165, 1.54) is 11.3 Å². The molecular weight excluding hydrogens is 661 g/mol. The van der Waals surface area contributed by atoms with Gasteiger partial charge in [-0.15, -0.1) is 11.3 Å². The van der Waals surface area contributed by atoms with Crippen LogP contribution < -0.4 is 5.43 Å². The Morgan fingerprint density at radius 1 is 0.686 bits per heavy atom. The van der Waals surface area contributed by atoms with Gasteiger partial charge in [-0.3, -0.25) is 14.4 Å². The van der Waals surface area contributed by atoms with E-state index in [1.807, 2.05) is 98.7 Å². The number of hydrogen-bond donors (Lipinski definition) is 0. The number of hydrogen-bond acceptors (Lipinski definition) is 8. The van der Waals surface area contributed by atoms with Crippen LogP contribution >= 0.6 is 11.3 Å². The monoisotopic (exact) mass is 724 g/mol. The largest absolute Gasteiger partial charge is 0.375 e. The van der Waals surface area contributed by atoms with Gasteiger partial charge >= 0.3 is 0 Å². The van der Waals surface area contributed by atoms with Crippen LogP contribution in [-0.4, -0.2) is 59.4 Å². The lowest BCUT2D eigenvalue weighted by molar-refractivity contribution is -0.161. The van der Waals surface area contributed by atoms with Gasteiger partial charge in [0.1, 0.15) is 11.2 Å². The third-order valence-corrected chi connectivity index (χ3v) is 10.4. The first-order chi connectivity index (χ1) is 23.2. The van der Waals surface area contributed by atoms with Gasteiger partial charge in [-0.05, 0) is 99.3 Å². The summed E-state index contributed by atoms with van der Waals surface area (Å²) in [7, 11) is 0. The summed E-state index contributed by atoms with van der Waals surface area (Å²) in [6.07, 6.45) is 1.58. The summed E-state index contributed by atoms with van der Waals surface area (Å²) >= 11 is 1.51. The molecule has 0 spiro atoms. The molecule has 0 aliphatic heterocycles. The molecule has 0 radical (unpaired) electrons. The fourth-order valence-electron chi connectivity index (χ4n) is 7.03. The molecule has 7 nitrogen and oxygen atoms in total. The van der Waals surface area contributed by atoms with Crippen LogP contribution in [0.3, 0.4) is 0 Å². The molecule has 0 saturated heterocycles. The first-order valence-electron chi connectivity index (χ1n) is 18.3. The first kappa shape index (κ1) is 42.9. The van der Waals surface area contributed by atoms with Gasteiger partial charge in [-0.1, -0.05) is 58.9 Å². The molecule has 2 unspecified atom stereocenters. The highest BCUT2D eigenvalue weighted by atomic mass is 32.1. The lowest BCUT2D eigenvalue weighted by atomic mass is 9.82. The van der Waals surface area contributed by atoms with Crippen LogP contribution in [0.15, 0.2) is 47.3 Å². The van der Waals surface area contributed by atoms with Crippen molar-refractivity contribution in [2.75, 3.05) is 13.2 Å². The molecule has 1 aromatic heterocycles. The van der Waals surface area contributed by atoms with E-state index in [0.29, 0.717) is 42.4 Å². The van der Waals surface area contributed by atoms with E-state index in [9.17, 15) is 14.4 Å². The summed E-state index contributed by atoms with van der Waals surface area (Å²) in [5, 5.41) is 1.07. The number of ketones is 2. The summed E-state index contributed by atoms with van der Waals surface area (Å²) in [5.41, 5.74) is -3.32. The molecule has 3 rings (SSSR count). The quantitative estimate of drug-likeness (QED) is 0.0953. The zero-order valence-electron chi connectivity index (χ0n) is 34.0. The van der Waals surface area contributed by atoms with E-state index in [1.54, 1.807) is 19.9 Å². The van der Waals surface area contributed by atoms with E-state index >= 15 is 0 Å². The lowest BCUT2D eigenvalue weighted by Gasteiger charge is -2.37. The molecular formula is C43H64O7S. The topological polar surface area (TPSA) is 88.1 Å². The van der Waals surface area contributed by atoms with Crippen molar-refractivity contribution in [3.63, 3.8) is 0 Å². The number of rotatable bonds is 18. The highest BCUT2D eigenvalue weighted by Crippen LogP contribution is 2.33. The molecule has 8 heteroatoms. The van der Waals surface area contributed by atoms with E-state index in [4.69, 9.17) is 18.9 Å². The normalized spacial score (nSPS) is 15.0. The number of fused-ring (bicyclic) bond motifs is 2. The summed E-state index contributed by atoms with van der Waals surface area (Å²) in [5.74, 6) is -0.136. The molecule has 1 heterocycles. The van der Waals surface area contributed by atoms with Gasteiger partial charge in [-0.2, -0.15) is 0 Å². The molecule has 0 aliphatic carbocycles. The van der Waals surface area contributed by atoms with E-state index in [0.717, 1.165) is 15.8 Å². The minimum atomic E-state index is -1.15. The van der Waals surface area contributed by atoms with Crippen molar-refractivity contribution < 1.29 is 28.5 Å². The maximum absolute atomic E-state index is 13.9. The number of benzene rings is 2. The molecule has 2 atom stereocenters. The average Bonchev–Trinajstić information content (AvgIpc) is 2.97. The van der Waals surface area contributed by atoms with Gasteiger partial charge in [0.2, 0.25) is 0 Å². The summed E-state index contributed by atoms with van der Waals surface area (Å²) in [6.45, 7) is 30.6. The van der Waals surface area contributed by atoms with E-state index in [2.05, 4.69) is 27.7 Å². The van der Waals surface area contributed by atoms with Crippen LogP contribution in [0, 0.1) is 10.8 Å². The van der Waals surface area contributed by atoms with Crippen molar-refractivity contribution >= 4 is 43.1 Å². The Morgan fingerprint density at radius 3 is 1.80 bits per heavy atom. The molecule has 3 aromatic rings. The number of carbonyl (C=O) groups is 2. The maximum Gasteiger partial charge on any atom is 0.196 e. The Bertz CT molecular complexity index is 1740. The molecule has 51 heavy (non-hydrogen) atoms. The number of carbonyl (C=O) groups excluding carboxylic acids is 2. The number of Topliss-reactive ketones (excluding diaryl/α,β-unsaturated/α-hetero) is 2. The molecule has 0 bridgehead atoms. The van der Waals surface area contributed by atoms with Crippen molar-refractivity contribution in [2.24, 2.45) is 10.8 Å². The van der Waals surface area contributed by atoms with Crippen LogP contribution in [0.2, 0.25) is 0 Å². The predicted octanol–water partition coefficient (Wildman–Crippen LogP) is 10.4. The molecule has 284 valence electrons. The summed E-state index contributed by atoms with van der Waals surface area (Å²) < 4.78 is 27.2. The molecule has 2 aromatic carbocycles. The van der Waals surface area contributed by atoms with Crippen molar-refractivity contribution in [2.45, 2.75) is 158 Å². The lowest BCUT2D eigenvalue weighted by Crippen LogP contribution is -2.46. The smallest absolute Gasteiger partial charge is 0.196 e. The Labute approximate surface area is 310 Å². The van der Waals surface area contributed by atoms with Gasteiger partial charge in [0.25, 0.3) is 0 Å². The highest BCUT2D eigenvalue weighted by Gasteiger charge is 2.39. The maximum atomic E-state index is 13.9. The van der Waals surface area contributed by atoms with Gasteiger partial charge in [0.05, 0.1) is 35.4 Å². The summed E-state index contributed by atoms with van der Waals surface area (Å²) in [6, 6.07) is 13.0. The van der Waals surface area contributed by atoms with Gasteiger partial charge in [-0.25, -0.2) is 0 Å². The van der Waals surface area contributed by atoms with Crippen LogP contribution in [-0.2, 0) is 23.7 Å².